The highest BCUT2D eigenvalue weighted by Gasteiger charge is 2.15. The monoisotopic (exact) mass is 337 g/mol. The molecule has 0 aliphatic rings. The van der Waals surface area contributed by atoms with E-state index in [1.165, 1.54) is 0 Å². The third-order valence-electron chi connectivity index (χ3n) is 3.26. The van der Waals surface area contributed by atoms with Crippen LogP contribution in [0.2, 0.25) is 0 Å². The Labute approximate surface area is 127 Å². The van der Waals surface area contributed by atoms with Crippen molar-refractivity contribution < 1.29 is 4.52 Å². The zero-order chi connectivity index (χ0) is 14.5. The molecule has 20 heavy (non-hydrogen) atoms. The first-order valence-electron chi connectivity index (χ1n) is 6.91. The first-order chi connectivity index (χ1) is 9.56. The fourth-order valence-electron chi connectivity index (χ4n) is 2.02. The van der Waals surface area contributed by atoms with Gasteiger partial charge in [0.15, 0.2) is 0 Å². The predicted molar refractivity (Wildman–Crippen MR) is 83.3 cm³/mol. The van der Waals surface area contributed by atoms with E-state index in [-0.39, 0.29) is 12.0 Å². The van der Waals surface area contributed by atoms with E-state index in [4.69, 9.17) is 10.3 Å². The summed E-state index contributed by atoms with van der Waals surface area (Å²) < 4.78 is 6.40. The van der Waals surface area contributed by atoms with Gasteiger partial charge in [0.2, 0.25) is 11.7 Å². The van der Waals surface area contributed by atoms with Gasteiger partial charge in [-0.05, 0) is 44.0 Å². The van der Waals surface area contributed by atoms with Gasteiger partial charge in [0, 0.05) is 22.0 Å². The molecule has 0 saturated carbocycles. The first kappa shape index (κ1) is 15.2. The zero-order valence-electron chi connectivity index (χ0n) is 11.8. The molecular formula is C15H20BrN3O. The fraction of sp³-hybridized carbons (Fsp3) is 0.467. The Morgan fingerprint density at radius 1 is 1.20 bits per heavy atom. The molecule has 0 aliphatic carbocycles. The minimum Gasteiger partial charge on any atom is -0.339 e. The summed E-state index contributed by atoms with van der Waals surface area (Å²) in [6, 6.07) is 8.14. The molecule has 4 nitrogen and oxygen atoms in total. The number of aromatic nitrogens is 2. The topological polar surface area (TPSA) is 64.9 Å². The van der Waals surface area contributed by atoms with E-state index in [1.54, 1.807) is 0 Å². The SMILES string of the molecule is CC(N)CCCC(C)c1nc(-c2ccc(Br)cc2)no1. The quantitative estimate of drug-likeness (QED) is 0.860. The van der Waals surface area contributed by atoms with Crippen LogP contribution in [0.4, 0.5) is 0 Å². The number of halogens is 1. The molecule has 1 heterocycles. The lowest BCUT2D eigenvalue weighted by atomic mass is 10.0. The Kier molecular flexibility index (Phi) is 5.31. The highest BCUT2D eigenvalue weighted by atomic mass is 79.9. The van der Waals surface area contributed by atoms with Gasteiger partial charge in [-0.3, -0.25) is 0 Å². The maximum Gasteiger partial charge on any atom is 0.229 e. The van der Waals surface area contributed by atoms with Crippen molar-refractivity contribution in [2.24, 2.45) is 5.73 Å². The van der Waals surface area contributed by atoms with Gasteiger partial charge in [-0.1, -0.05) is 34.4 Å². The average Bonchev–Trinajstić information content (AvgIpc) is 2.88. The van der Waals surface area contributed by atoms with Gasteiger partial charge in [0.25, 0.3) is 0 Å². The summed E-state index contributed by atoms with van der Waals surface area (Å²) in [5, 5.41) is 4.05. The van der Waals surface area contributed by atoms with E-state index in [9.17, 15) is 0 Å². The summed E-state index contributed by atoms with van der Waals surface area (Å²) in [5.41, 5.74) is 6.72. The van der Waals surface area contributed by atoms with Gasteiger partial charge in [-0.25, -0.2) is 0 Å². The summed E-state index contributed by atoms with van der Waals surface area (Å²) in [4.78, 5) is 4.48. The fourth-order valence-corrected chi connectivity index (χ4v) is 2.29. The van der Waals surface area contributed by atoms with Crippen LogP contribution < -0.4 is 5.73 Å². The van der Waals surface area contributed by atoms with Crippen molar-refractivity contribution in [3.05, 3.63) is 34.6 Å². The molecule has 108 valence electrons. The van der Waals surface area contributed by atoms with Crippen LogP contribution in [-0.4, -0.2) is 16.2 Å². The summed E-state index contributed by atoms with van der Waals surface area (Å²) in [6.07, 6.45) is 3.12. The van der Waals surface area contributed by atoms with Gasteiger partial charge >= 0.3 is 0 Å². The largest absolute Gasteiger partial charge is 0.339 e. The molecule has 0 saturated heterocycles. The number of nitrogens with zero attached hydrogens (tertiary/aromatic N) is 2. The van der Waals surface area contributed by atoms with Crippen molar-refractivity contribution in [3.8, 4) is 11.4 Å². The van der Waals surface area contributed by atoms with Gasteiger partial charge in [0.1, 0.15) is 0 Å². The number of hydrogen-bond acceptors (Lipinski definition) is 4. The summed E-state index contributed by atoms with van der Waals surface area (Å²) in [7, 11) is 0. The maximum absolute atomic E-state index is 5.75. The summed E-state index contributed by atoms with van der Waals surface area (Å²) in [6.45, 7) is 4.14. The van der Waals surface area contributed by atoms with E-state index in [0.717, 1.165) is 29.3 Å². The molecule has 0 bridgehead atoms. The van der Waals surface area contributed by atoms with Gasteiger partial charge in [-0.15, -0.1) is 0 Å². The van der Waals surface area contributed by atoms with E-state index < -0.39 is 0 Å². The lowest BCUT2D eigenvalue weighted by Gasteiger charge is -2.07. The lowest BCUT2D eigenvalue weighted by molar-refractivity contribution is 0.350. The highest BCUT2D eigenvalue weighted by molar-refractivity contribution is 9.10. The van der Waals surface area contributed by atoms with Crippen LogP contribution in [0.1, 0.15) is 44.9 Å². The van der Waals surface area contributed by atoms with Crippen molar-refractivity contribution >= 4 is 15.9 Å². The van der Waals surface area contributed by atoms with Crippen LogP contribution in [0.3, 0.4) is 0 Å². The lowest BCUT2D eigenvalue weighted by Crippen LogP contribution is -2.14. The molecule has 0 amide bonds. The van der Waals surface area contributed by atoms with Crippen LogP contribution in [0.15, 0.2) is 33.3 Å². The molecule has 2 atom stereocenters. The standard InChI is InChI=1S/C15H20BrN3O/c1-10(4-3-5-11(2)17)15-18-14(19-20-15)12-6-8-13(16)9-7-12/h6-11H,3-5,17H2,1-2H3. The Bertz CT molecular complexity index is 536. The molecule has 0 radical (unpaired) electrons. The summed E-state index contributed by atoms with van der Waals surface area (Å²) in [5.74, 6) is 1.62. The van der Waals surface area contributed by atoms with Gasteiger partial charge < -0.3 is 10.3 Å². The summed E-state index contributed by atoms with van der Waals surface area (Å²) >= 11 is 3.41. The van der Waals surface area contributed by atoms with Crippen LogP contribution in [0, 0.1) is 0 Å². The van der Waals surface area contributed by atoms with Crippen LogP contribution in [-0.2, 0) is 0 Å². The normalized spacial score (nSPS) is 14.2. The third-order valence-corrected chi connectivity index (χ3v) is 3.79. The smallest absolute Gasteiger partial charge is 0.229 e. The van der Waals surface area contributed by atoms with Gasteiger partial charge in [0.05, 0.1) is 0 Å². The minimum atomic E-state index is 0.253. The van der Waals surface area contributed by atoms with Crippen molar-refractivity contribution in [2.45, 2.75) is 45.1 Å². The second-order valence-corrected chi connectivity index (χ2v) is 6.19. The molecule has 2 unspecified atom stereocenters. The van der Waals surface area contributed by atoms with E-state index in [2.05, 4.69) is 33.0 Å². The zero-order valence-corrected chi connectivity index (χ0v) is 13.4. The Morgan fingerprint density at radius 2 is 1.90 bits per heavy atom. The molecule has 0 aliphatic heterocycles. The molecular weight excluding hydrogens is 318 g/mol. The molecule has 0 fully saturated rings. The molecule has 2 aromatic rings. The number of hydrogen-bond donors (Lipinski definition) is 1. The van der Waals surface area contributed by atoms with Crippen molar-refractivity contribution in [2.75, 3.05) is 0 Å². The van der Waals surface area contributed by atoms with Crippen molar-refractivity contribution in [1.82, 2.24) is 10.1 Å². The average molecular weight is 338 g/mol. The number of rotatable bonds is 6. The molecule has 1 aromatic heterocycles. The molecule has 1 aromatic carbocycles. The predicted octanol–water partition coefficient (Wildman–Crippen LogP) is 4.12. The van der Waals surface area contributed by atoms with Crippen molar-refractivity contribution in [3.63, 3.8) is 0 Å². The van der Waals surface area contributed by atoms with Crippen LogP contribution in [0.5, 0.6) is 0 Å². The van der Waals surface area contributed by atoms with Gasteiger partial charge in [-0.2, -0.15) is 4.98 Å². The highest BCUT2D eigenvalue weighted by Crippen LogP contribution is 2.24. The second kappa shape index (κ2) is 6.99. The number of benzene rings is 1. The molecule has 0 spiro atoms. The second-order valence-electron chi connectivity index (χ2n) is 5.27. The van der Waals surface area contributed by atoms with E-state index in [0.29, 0.717) is 11.7 Å². The maximum atomic E-state index is 5.75. The van der Waals surface area contributed by atoms with Crippen molar-refractivity contribution in [1.29, 1.82) is 0 Å². The minimum absolute atomic E-state index is 0.253. The number of nitrogens with two attached hydrogens (primary N) is 1. The van der Waals surface area contributed by atoms with E-state index in [1.807, 2.05) is 31.2 Å². The van der Waals surface area contributed by atoms with E-state index >= 15 is 0 Å². The third kappa shape index (κ3) is 4.15. The molecule has 5 heteroatoms. The Hall–Kier alpha value is -1.20. The Balaban J connectivity index is 1.99. The first-order valence-corrected chi connectivity index (χ1v) is 7.70. The molecule has 2 rings (SSSR count). The van der Waals surface area contributed by atoms with Crippen LogP contribution >= 0.6 is 15.9 Å². The Morgan fingerprint density at radius 3 is 2.55 bits per heavy atom. The molecule has 2 N–H and O–H groups in total. The van der Waals surface area contributed by atoms with Crippen LogP contribution in [0.25, 0.3) is 11.4 Å².